The number of amides is 2. The maximum atomic E-state index is 13.2. The minimum absolute atomic E-state index is 0.153. The smallest absolute Gasteiger partial charge is 0.255 e. The zero-order valence-corrected chi connectivity index (χ0v) is 19.7. The molecule has 182 valence electrons. The third kappa shape index (κ3) is 6.33. The summed E-state index contributed by atoms with van der Waals surface area (Å²) < 4.78 is 18.6. The van der Waals surface area contributed by atoms with Crippen molar-refractivity contribution < 1.29 is 18.7 Å². The summed E-state index contributed by atoms with van der Waals surface area (Å²) in [6.45, 7) is 8.56. The molecule has 2 aromatic carbocycles. The molecule has 0 atom stereocenters. The van der Waals surface area contributed by atoms with Crippen LogP contribution in [0.1, 0.15) is 40.5 Å². The number of ether oxygens (including phenoxy) is 1. The van der Waals surface area contributed by atoms with Crippen molar-refractivity contribution in [2.24, 2.45) is 5.92 Å². The Hall–Kier alpha value is -2.97. The third-order valence-electron chi connectivity index (χ3n) is 6.55. The van der Waals surface area contributed by atoms with Crippen LogP contribution in [0.3, 0.4) is 0 Å². The van der Waals surface area contributed by atoms with Crippen LogP contribution in [0.25, 0.3) is 0 Å². The largest absolute Gasteiger partial charge is 0.379 e. The summed E-state index contributed by atoms with van der Waals surface area (Å²) in [6.07, 6.45) is 2.17. The number of nitrogens with zero attached hydrogens (tertiary/aromatic N) is 2. The molecule has 0 saturated carbocycles. The van der Waals surface area contributed by atoms with Crippen molar-refractivity contribution >= 4 is 23.2 Å². The average Bonchev–Trinajstić information content (AvgIpc) is 2.85. The van der Waals surface area contributed by atoms with E-state index in [0.29, 0.717) is 29.3 Å². The normalized spacial score (nSPS) is 17.4. The first-order valence-corrected chi connectivity index (χ1v) is 12.0. The number of rotatable bonds is 7. The van der Waals surface area contributed by atoms with E-state index in [0.717, 1.165) is 64.5 Å². The van der Waals surface area contributed by atoms with Crippen LogP contribution in [-0.2, 0) is 4.74 Å². The molecule has 2 aliphatic heterocycles. The molecule has 2 fully saturated rings. The topological polar surface area (TPSA) is 73.9 Å². The molecule has 2 N–H and O–H groups in total. The Morgan fingerprint density at radius 2 is 1.71 bits per heavy atom. The standard InChI is InChI=1S/C26H33FN4O3/c1-19-8-11-31(12-9-19)24-7-6-22(29-25(32)20-2-4-21(27)5-3-20)18-23(24)26(33)28-10-13-30-14-16-34-17-15-30/h2-7,18-19H,8-17H2,1H3,(H,28,33)(H,29,32). The van der Waals surface area contributed by atoms with E-state index < -0.39 is 5.82 Å². The van der Waals surface area contributed by atoms with Gasteiger partial charge in [0.1, 0.15) is 5.82 Å². The Balaban J connectivity index is 1.48. The molecule has 2 heterocycles. The molecule has 2 aliphatic rings. The number of carbonyl (C=O) groups is 2. The Morgan fingerprint density at radius 3 is 2.41 bits per heavy atom. The zero-order valence-electron chi connectivity index (χ0n) is 19.7. The molecule has 4 rings (SSSR count). The maximum Gasteiger partial charge on any atom is 0.255 e. The predicted molar refractivity (Wildman–Crippen MR) is 131 cm³/mol. The van der Waals surface area contributed by atoms with E-state index in [1.165, 1.54) is 24.3 Å². The molecule has 34 heavy (non-hydrogen) atoms. The molecule has 0 unspecified atom stereocenters. The summed E-state index contributed by atoms with van der Waals surface area (Å²) in [7, 11) is 0. The summed E-state index contributed by atoms with van der Waals surface area (Å²) in [5.74, 6) is -0.220. The van der Waals surface area contributed by atoms with Crippen LogP contribution in [0, 0.1) is 11.7 Å². The number of halogens is 1. The van der Waals surface area contributed by atoms with Crippen molar-refractivity contribution in [2.45, 2.75) is 19.8 Å². The van der Waals surface area contributed by atoms with Gasteiger partial charge >= 0.3 is 0 Å². The van der Waals surface area contributed by atoms with Crippen molar-refractivity contribution in [1.29, 1.82) is 0 Å². The maximum absolute atomic E-state index is 13.2. The van der Waals surface area contributed by atoms with Gasteiger partial charge in [0.2, 0.25) is 0 Å². The molecule has 2 aromatic rings. The van der Waals surface area contributed by atoms with Gasteiger partial charge in [-0.05, 0) is 61.2 Å². The number of hydrogen-bond donors (Lipinski definition) is 2. The van der Waals surface area contributed by atoms with E-state index in [9.17, 15) is 14.0 Å². The molecular formula is C26H33FN4O3. The minimum Gasteiger partial charge on any atom is -0.379 e. The minimum atomic E-state index is -0.396. The number of hydrogen-bond acceptors (Lipinski definition) is 5. The van der Waals surface area contributed by atoms with E-state index in [1.807, 2.05) is 12.1 Å². The summed E-state index contributed by atoms with van der Waals surface area (Å²) >= 11 is 0. The fourth-order valence-electron chi connectivity index (χ4n) is 4.37. The number of anilines is 2. The van der Waals surface area contributed by atoms with Gasteiger partial charge in [-0.15, -0.1) is 0 Å². The SMILES string of the molecule is CC1CCN(c2ccc(NC(=O)c3ccc(F)cc3)cc2C(=O)NCCN2CCOCC2)CC1. The summed E-state index contributed by atoms with van der Waals surface area (Å²) in [4.78, 5) is 30.4. The van der Waals surface area contributed by atoms with E-state index in [2.05, 4.69) is 27.4 Å². The van der Waals surface area contributed by atoms with E-state index >= 15 is 0 Å². The first-order chi connectivity index (χ1) is 16.5. The van der Waals surface area contributed by atoms with E-state index in [4.69, 9.17) is 4.74 Å². The Kier molecular flexibility index (Phi) is 8.13. The summed E-state index contributed by atoms with van der Waals surface area (Å²) in [6, 6.07) is 10.8. The van der Waals surface area contributed by atoms with E-state index in [-0.39, 0.29) is 11.8 Å². The second-order valence-electron chi connectivity index (χ2n) is 9.07. The lowest BCUT2D eigenvalue weighted by Crippen LogP contribution is -2.41. The lowest BCUT2D eigenvalue weighted by atomic mass is 9.97. The van der Waals surface area contributed by atoms with Crippen LogP contribution >= 0.6 is 0 Å². The van der Waals surface area contributed by atoms with Crippen molar-refractivity contribution in [3.8, 4) is 0 Å². The van der Waals surface area contributed by atoms with Crippen LogP contribution in [0.15, 0.2) is 42.5 Å². The lowest BCUT2D eigenvalue weighted by Gasteiger charge is -2.33. The number of benzene rings is 2. The van der Waals surface area contributed by atoms with Gasteiger partial charge in [0.15, 0.2) is 0 Å². The molecule has 0 aliphatic carbocycles. The fraction of sp³-hybridized carbons (Fsp3) is 0.462. The van der Waals surface area contributed by atoms with Gasteiger partial charge in [-0.2, -0.15) is 0 Å². The second kappa shape index (κ2) is 11.4. The zero-order chi connectivity index (χ0) is 23.9. The predicted octanol–water partition coefficient (Wildman–Crippen LogP) is 3.38. The first kappa shape index (κ1) is 24.2. The van der Waals surface area contributed by atoms with Crippen LogP contribution < -0.4 is 15.5 Å². The van der Waals surface area contributed by atoms with Crippen LogP contribution in [0.5, 0.6) is 0 Å². The van der Waals surface area contributed by atoms with Crippen molar-refractivity contribution in [1.82, 2.24) is 10.2 Å². The highest BCUT2D eigenvalue weighted by atomic mass is 19.1. The molecule has 0 spiro atoms. The monoisotopic (exact) mass is 468 g/mol. The number of nitrogens with one attached hydrogen (secondary N) is 2. The third-order valence-corrected chi connectivity index (χ3v) is 6.55. The van der Waals surface area contributed by atoms with Gasteiger partial charge in [0, 0.05) is 56.2 Å². The average molecular weight is 469 g/mol. The van der Waals surface area contributed by atoms with Gasteiger partial charge in [0.25, 0.3) is 11.8 Å². The molecule has 0 aromatic heterocycles. The van der Waals surface area contributed by atoms with Gasteiger partial charge in [-0.1, -0.05) is 6.92 Å². The number of piperidine rings is 1. The van der Waals surface area contributed by atoms with Crippen LogP contribution in [0.2, 0.25) is 0 Å². The van der Waals surface area contributed by atoms with Gasteiger partial charge in [-0.3, -0.25) is 14.5 Å². The Labute approximate surface area is 200 Å². The van der Waals surface area contributed by atoms with Crippen molar-refractivity contribution in [3.05, 3.63) is 59.4 Å². The molecule has 0 radical (unpaired) electrons. The molecule has 2 saturated heterocycles. The number of carbonyl (C=O) groups excluding carboxylic acids is 2. The molecular weight excluding hydrogens is 435 g/mol. The highest BCUT2D eigenvalue weighted by Crippen LogP contribution is 2.29. The van der Waals surface area contributed by atoms with Crippen molar-refractivity contribution in [2.75, 3.05) is 62.7 Å². The quantitative estimate of drug-likeness (QED) is 0.652. The summed E-state index contributed by atoms with van der Waals surface area (Å²) in [5.41, 5.74) is 2.32. The lowest BCUT2D eigenvalue weighted by molar-refractivity contribution is 0.0383. The molecule has 7 nitrogen and oxygen atoms in total. The fourth-order valence-corrected chi connectivity index (χ4v) is 4.37. The van der Waals surface area contributed by atoms with Crippen molar-refractivity contribution in [3.63, 3.8) is 0 Å². The molecule has 8 heteroatoms. The Bertz CT molecular complexity index is 984. The first-order valence-electron chi connectivity index (χ1n) is 12.0. The highest BCUT2D eigenvalue weighted by Gasteiger charge is 2.22. The van der Waals surface area contributed by atoms with Crippen LogP contribution in [-0.4, -0.2) is 69.2 Å². The molecule has 0 bridgehead atoms. The molecule has 2 amide bonds. The number of morpholine rings is 1. The van der Waals surface area contributed by atoms with Gasteiger partial charge in [-0.25, -0.2) is 4.39 Å². The summed E-state index contributed by atoms with van der Waals surface area (Å²) in [5, 5.41) is 5.89. The van der Waals surface area contributed by atoms with Gasteiger partial charge < -0.3 is 20.3 Å². The van der Waals surface area contributed by atoms with E-state index in [1.54, 1.807) is 6.07 Å². The van der Waals surface area contributed by atoms with Gasteiger partial charge in [0.05, 0.1) is 18.8 Å². The second-order valence-corrected chi connectivity index (χ2v) is 9.07. The van der Waals surface area contributed by atoms with Crippen LogP contribution in [0.4, 0.5) is 15.8 Å². The highest BCUT2D eigenvalue weighted by molar-refractivity contribution is 6.06. The Morgan fingerprint density at radius 1 is 1.00 bits per heavy atom.